The summed E-state index contributed by atoms with van der Waals surface area (Å²) in [5, 5.41) is 2.80. The average Bonchev–Trinajstić information content (AvgIpc) is 3.29. The lowest BCUT2D eigenvalue weighted by molar-refractivity contribution is -0.131. The van der Waals surface area contributed by atoms with Crippen molar-refractivity contribution in [3.63, 3.8) is 0 Å². The van der Waals surface area contributed by atoms with E-state index < -0.39 is 11.7 Å². The molecule has 6 heteroatoms. The molecule has 0 aromatic heterocycles. The molecule has 6 nitrogen and oxygen atoms in total. The van der Waals surface area contributed by atoms with Crippen LogP contribution < -0.4 is 5.32 Å². The van der Waals surface area contributed by atoms with Gasteiger partial charge in [0, 0.05) is 20.1 Å². The van der Waals surface area contributed by atoms with Gasteiger partial charge in [-0.15, -0.1) is 0 Å². The minimum atomic E-state index is -0.552. The zero-order valence-electron chi connectivity index (χ0n) is 20.3. The molecule has 1 fully saturated rings. The standard InChI is InChI=1S/C27H37N3O3/c1-27(2,3)33-26(32)28-19-23-15-9-8-14-22(23)18-25(31)29(4)24(20-30-16-10-11-17-30)21-12-6-5-7-13-21/h5-9,12-15,24H,10-11,16-20H2,1-4H3,(H,28,32). The SMILES string of the molecule is CN(C(=O)Cc1ccccc1CNC(=O)OC(C)(C)C)C(CN1CCCC1)c1ccccc1. The van der Waals surface area contributed by atoms with Crippen LogP contribution in [0.5, 0.6) is 0 Å². The summed E-state index contributed by atoms with van der Waals surface area (Å²) in [6, 6.07) is 18.0. The van der Waals surface area contributed by atoms with Crippen molar-refractivity contribution in [1.82, 2.24) is 15.1 Å². The number of benzene rings is 2. The Balaban J connectivity index is 1.69. The molecular formula is C27H37N3O3. The van der Waals surface area contributed by atoms with Crippen LogP contribution in [-0.2, 0) is 22.5 Å². The Labute approximate surface area is 197 Å². The van der Waals surface area contributed by atoms with Gasteiger partial charge in [-0.1, -0.05) is 54.6 Å². The molecule has 1 aliphatic rings. The molecular weight excluding hydrogens is 414 g/mol. The monoisotopic (exact) mass is 451 g/mol. The number of alkyl carbamates (subject to hydrolysis) is 1. The molecule has 2 aromatic carbocycles. The molecule has 1 aliphatic heterocycles. The van der Waals surface area contributed by atoms with Crippen LogP contribution in [0.2, 0.25) is 0 Å². The second-order valence-electron chi connectivity index (χ2n) is 9.74. The van der Waals surface area contributed by atoms with Crippen molar-refractivity contribution >= 4 is 12.0 Å². The number of likely N-dealkylation sites (tertiary alicyclic amines) is 1. The van der Waals surface area contributed by atoms with Gasteiger partial charge in [0.1, 0.15) is 5.60 Å². The summed E-state index contributed by atoms with van der Waals surface area (Å²) in [7, 11) is 1.90. The molecule has 0 saturated carbocycles. The lowest BCUT2D eigenvalue weighted by Gasteiger charge is -2.32. The number of carbonyl (C=O) groups is 2. The number of likely N-dealkylation sites (N-methyl/N-ethyl adjacent to an activating group) is 1. The molecule has 1 heterocycles. The van der Waals surface area contributed by atoms with Crippen LogP contribution in [0.4, 0.5) is 4.79 Å². The van der Waals surface area contributed by atoms with Gasteiger partial charge in [0.05, 0.1) is 12.5 Å². The van der Waals surface area contributed by atoms with Gasteiger partial charge in [-0.2, -0.15) is 0 Å². The van der Waals surface area contributed by atoms with E-state index >= 15 is 0 Å². The number of amides is 2. The van der Waals surface area contributed by atoms with Crippen LogP contribution in [-0.4, -0.2) is 54.1 Å². The molecule has 178 valence electrons. The van der Waals surface area contributed by atoms with Gasteiger partial charge in [0.2, 0.25) is 5.91 Å². The predicted octanol–water partition coefficient (Wildman–Crippen LogP) is 4.55. The van der Waals surface area contributed by atoms with Gasteiger partial charge in [0.25, 0.3) is 0 Å². The Morgan fingerprint density at radius 3 is 2.24 bits per heavy atom. The maximum atomic E-state index is 13.4. The highest BCUT2D eigenvalue weighted by Gasteiger charge is 2.26. The number of nitrogens with one attached hydrogen (secondary N) is 1. The zero-order valence-corrected chi connectivity index (χ0v) is 20.3. The minimum Gasteiger partial charge on any atom is -0.444 e. The maximum Gasteiger partial charge on any atom is 0.407 e. The lowest BCUT2D eigenvalue weighted by atomic mass is 10.0. The highest BCUT2D eigenvalue weighted by Crippen LogP contribution is 2.24. The number of hydrogen-bond acceptors (Lipinski definition) is 4. The fourth-order valence-corrected chi connectivity index (χ4v) is 4.18. The molecule has 1 unspecified atom stereocenters. The number of hydrogen-bond donors (Lipinski definition) is 1. The first-order valence-corrected chi connectivity index (χ1v) is 11.8. The van der Waals surface area contributed by atoms with E-state index in [9.17, 15) is 9.59 Å². The van der Waals surface area contributed by atoms with Crippen molar-refractivity contribution in [1.29, 1.82) is 0 Å². The van der Waals surface area contributed by atoms with Crippen molar-refractivity contribution in [2.24, 2.45) is 0 Å². The summed E-state index contributed by atoms with van der Waals surface area (Å²) in [5.74, 6) is 0.0627. The second kappa shape index (κ2) is 11.3. The third kappa shape index (κ3) is 7.60. The first-order valence-electron chi connectivity index (χ1n) is 11.8. The fraction of sp³-hybridized carbons (Fsp3) is 0.481. The van der Waals surface area contributed by atoms with E-state index in [1.807, 2.05) is 75.2 Å². The maximum absolute atomic E-state index is 13.4. The van der Waals surface area contributed by atoms with E-state index in [0.29, 0.717) is 6.54 Å². The molecule has 0 radical (unpaired) electrons. The summed E-state index contributed by atoms with van der Waals surface area (Å²) in [6.07, 6.45) is 2.26. The Hall–Kier alpha value is -2.86. The summed E-state index contributed by atoms with van der Waals surface area (Å²) in [5.41, 5.74) is 2.43. The highest BCUT2D eigenvalue weighted by molar-refractivity contribution is 5.79. The number of nitrogens with zero attached hydrogens (tertiary/aromatic N) is 2. The molecule has 2 amide bonds. The average molecular weight is 452 g/mol. The molecule has 0 bridgehead atoms. The number of carbonyl (C=O) groups excluding carboxylic acids is 2. The second-order valence-corrected chi connectivity index (χ2v) is 9.74. The van der Waals surface area contributed by atoms with Crippen molar-refractivity contribution in [2.75, 3.05) is 26.7 Å². The van der Waals surface area contributed by atoms with E-state index in [0.717, 1.165) is 36.3 Å². The van der Waals surface area contributed by atoms with Gasteiger partial charge in [-0.3, -0.25) is 4.79 Å². The Bertz CT molecular complexity index is 918. The van der Waals surface area contributed by atoms with Crippen LogP contribution in [0.25, 0.3) is 0 Å². The zero-order chi connectivity index (χ0) is 23.8. The van der Waals surface area contributed by atoms with E-state index in [2.05, 4.69) is 22.3 Å². The molecule has 2 aromatic rings. The molecule has 1 N–H and O–H groups in total. The van der Waals surface area contributed by atoms with Gasteiger partial charge < -0.3 is 19.9 Å². The van der Waals surface area contributed by atoms with Crippen LogP contribution in [0.1, 0.15) is 56.3 Å². The Morgan fingerprint density at radius 1 is 1.00 bits per heavy atom. The van der Waals surface area contributed by atoms with E-state index in [-0.39, 0.29) is 18.4 Å². The van der Waals surface area contributed by atoms with E-state index in [1.54, 1.807) is 0 Å². The number of rotatable bonds is 8. The van der Waals surface area contributed by atoms with Gasteiger partial charge >= 0.3 is 6.09 Å². The van der Waals surface area contributed by atoms with Crippen molar-refractivity contribution in [3.8, 4) is 0 Å². The van der Waals surface area contributed by atoms with Crippen LogP contribution in [0.15, 0.2) is 54.6 Å². The lowest BCUT2D eigenvalue weighted by Crippen LogP contribution is -2.39. The summed E-state index contributed by atoms with van der Waals surface area (Å²) >= 11 is 0. The van der Waals surface area contributed by atoms with Crippen LogP contribution >= 0.6 is 0 Å². The van der Waals surface area contributed by atoms with Crippen molar-refractivity contribution in [3.05, 3.63) is 71.3 Å². The summed E-state index contributed by atoms with van der Waals surface area (Å²) in [4.78, 5) is 29.8. The van der Waals surface area contributed by atoms with Crippen LogP contribution in [0.3, 0.4) is 0 Å². The molecule has 33 heavy (non-hydrogen) atoms. The molecule has 0 spiro atoms. The molecule has 3 rings (SSSR count). The van der Waals surface area contributed by atoms with E-state index in [4.69, 9.17) is 4.74 Å². The van der Waals surface area contributed by atoms with Gasteiger partial charge in [-0.05, 0) is 63.4 Å². The third-order valence-electron chi connectivity index (χ3n) is 5.96. The van der Waals surface area contributed by atoms with E-state index in [1.165, 1.54) is 12.8 Å². The minimum absolute atomic E-state index is 0.00357. The van der Waals surface area contributed by atoms with Crippen molar-refractivity contribution < 1.29 is 14.3 Å². The summed E-state index contributed by atoms with van der Waals surface area (Å²) < 4.78 is 5.33. The van der Waals surface area contributed by atoms with Gasteiger partial charge in [-0.25, -0.2) is 4.79 Å². The molecule has 0 aliphatic carbocycles. The molecule has 1 saturated heterocycles. The topological polar surface area (TPSA) is 61.9 Å². The Kier molecular flexibility index (Phi) is 8.50. The van der Waals surface area contributed by atoms with Crippen LogP contribution in [0, 0.1) is 0 Å². The predicted molar refractivity (Wildman–Crippen MR) is 131 cm³/mol. The van der Waals surface area contributed by atoms with Crippen molar-refractivity contribution in [2.45, 2.75) is 58.2 Å². The van der Waals surface area contributed by atoms with Gasteiger partial charge in [0.15, 0.2) is 0 Å². The first-order chi connectivity index (χ1) is 15.7. The third-order valence-corrected chi connectivity index (χ3v) is 5.96. The Morgan fingerprint density at radius 2 is 1.61 bits per heavy atom. The first kappa shape index (κ1) is 24.8. The fourth-order valence-electron chi connectivity index (χ4n) is 4.18. The normalized spacial score (nSPS) is 15.2. The smallest absolute Gasteiger partial charge is 0.407 e. The largest absolute Gasteiger partial charge is 0.444 e. The molecule has 1 atom stereocenters. The highest BCUT2D eigenvalue weighted by atomic mass is 16.6. The summed E-state index contributed by atoms with van der Waals surface area (Å²) in [6.45, 7) is 8.84. The number of ether oxygens (including phenoxy) is 1. The quantitative estimate of drug-likeness (QED) is 0.640.